The van der Waals surface area contributed by atoms with Gasteiger partial charge in [-0.15, -0.1) is 0 Å². The van der Waals surface area contributed by atoms with E-state index in [0.717, 1.165) is 0 Å². The number of nitrogens with zero attached hydrogens (tertiary/aromatic N) is 1. The molecule has 0 fully saturated rings. The summed E-state index contributed by atoms with van der Waals surface area (Å²) in [5.41, 5.74) is 1.16. The highest BCUT2D eigenvalue weighted by molar-refractivity contribution is 5.58. The highest BCUT2D eigenvalue weighted by atomic mass is 19.1. The average Bonchev–Trinajstić information content (AvgIpc) is 2.48. The number of hydrogen-bond acceptors (Lipinski definition) is 4. The molecule has 0 saturated carbocycles. The van der Waals surface area contributed by atoms with Gasteiger partial charge in [-0.05, 0) is 19.1 Å². The van der Waals surface area contributed by atoms with Crippen molar-refractivity contribution < 1.29 is 14.1 Å². The van der Waals surface area contributed by atoms with Gasteiger partial charge in [0.1, 0.15) is 11.6 Å². The van der Waals surface area contributed by atoms with Crippen molar-refractivity contribution in [2.75, 3.05) is 12.4 Å². The Labute approximate surface area is 121 Å². The van der Waals surface area contributed by atoms with E-state index in [0.29, 0.717) is 17.0 Å². The van der Waals surface area contributed by atoms with Gasteiger partial charge < -0.3 is 10.1 Å². The summed E-state index contributed by atoms with van der Waals surface area (Å²) >= 11 is 0. The van der Waals surface area contributed by atoms with Crippen LogP contribution in [-0.4, -0.2) is 12.0 Å². The number of nitro benzene ring substituents is 1. The molecule has 0 aliphatic carbocycles. The number of methoxy groups -OCH3 is 1. The predicted octanol–water partition coefficient (Wildman–Crippen LogP) is 3.92. The summed E-state index contributed by atoms with van der Waals surface area (Å²) in [6, 6.07) is 10.3. The van der Waals surface area contributed by atoms with Crippen molar-refractivity contribution in [1.29, 1.82) is 0 Å². The van der Waals surface area contributed by atoms with Crippen LogP contribution in [0.1, 0.15) is 18.5 Å². The van der Waals surface area contributed by atoms with Crippen LogP contribution in [-0.2, 0) is 0 Å². The molecule has 0 aliphatic heterocycles. The minimum Gasteiger partial charge on any atom is -0.494 e. The summed E-state index contributed by atoms with van der Waals surface area (Å²) in [7, 11) is 1.44. The third kappa shape index (κ3) is 3.28. The number of anilines is 1. The van der Waals surface area contributed by atoms with Gasteiger partial charge in [0.25, 0.3) is 5.69 Å². The Morgan fingerprint density at radius 2 is 2.00 bits per heavy atom. The third-order valence-corrected chi connectivity index (χ3v) is 3.14. The molecule has 0 aromatic heterocycles. The van der Waals surface area contributed by atoms with E-state index in [-0.39, 0.29) is 11.7 Å². The van der Waals surface area contributed by atoms with Crippen molar-refractivity contribution in [2.45, 2.75) is 13.0 Å². The predicted molar refractivity (Wildman–Crippen MR) is 78.1 cm³/mol. The van der Waals surface area contributed by atoms with E-state index in [4.69, 9.17) is 4.74 Å². The molecule has 1 unspecified atom stereocenters. The molecule has 0 bridgehead atoms. The van der Waals surface area contributed by atoms with E-state index in [2.05, 4.69) is 5.32 Å². The fourth-order valence-electron chi connectivity index (χ4n) is 2.12. The van der Waals surface area contributed by atoms with Gasteiger partial charge in [0.2, 0.25) is 0 Å². The normalized spacial score (nSPS) is 11.8. The summed E-state index contributed by atoms with van der Waals surface area (Å²) in [4.78, 5) is 10.6. The lowest BCUT2D eigenvalue weighted by molar-refractivity contribution is -0.385. The van der Waals surface area contributed by atoms with Gasteiger partial charge in [-0.25, -0.2) is 4.39 Å². The summed E-state index contributed by atoms with van der Waals surface area (Å²) < 4.78 is 18.3. The van der Waals surface area contributed by atoms with Crippen LogP contribution in [0, 0.1) is 15.9 Å². The van der Waals surface area contributed by atoms with E-state index in [1.165, 1.54) is 25.3 Å². The molecular formula is C15H15FN2O3. The van der Waals surface area contributed by atoms with Crippen LogP contribution in [0.3, 0.4) is 0 Å². The first-order valence-electron chi connectivity index (χ1n) is 6.36. The largest absolute Gasteiger partial charge is 0.494 e. The van der Waals surface area contributed by atoms with Crippen molar-refractivity contribution in [1.82, 2.24) is 0 Å². The van der Waals surface area contributed by atoms with Crippen LogP contribution < -0.4 is 10.1 Å². The summed E-state index contributed by atoms with van der Waals surface area (Å²) in [6.45, 7) is 1.80. The topological polar surface area (TPSA) is 64.4 Å². The van der Waals surface area contributed by atoms with Crippen LogP contribution >= 0.6 is 0 Å². The number of halogens is 1. The molecule has 2 rings (SSSR count). The number of benzene rings is 2. The molecule has 0 saturated heterocycles. The van der Waals surface area contributed by atoms with Gasteiger partial charge in [-0.2, -0.15) is 0 Å². The lowest BCUT2D eigenvalue weighted by atomic mass is 10.1. The number of rotatable bonds is 5. The van der Waals surface area contributed by atoms with Gasteiger partial charge in [0.05, 0.1) is 29.3 Å². The van der Waals surface area contributed by atoms with Gasteiger partial charge in [-0.3, -0.25) is 10.1 Å². The molecular weight excluding hydrogens is 275 g/mol. The van der Waals surface area contributed by atoms with Crippen LogP contribution in [0.25, 0.3) is 0 Å². The maximum Gasteiger partial charge on any atom is 0.274 e. The van der Waals surface area contributed by atoms with Crippen LogP contribution in [0.2, 0.25) is 0 Å². The Morgan fingerprint density at radius 1 is 1.29 bits per heavy atom. The fourth-order valence-corrected chi connectivity index (χ4v) is 2.12. The average molecular weight is 290 g/mol. The van der Waals surface area contributed by atoms with E-state index < -0.39 is 10.7 Å². The van der Waals surface area contributed by atoms with E-state index >= 15 is 0 Å². The molecule has 5 nitrogen and oxygen atoms in total. The van der Waals surface area contributed by atoms with Gasteiger partial charge in [0, 0.05) is 12.1 Å². The van der Waals surface area contributed by atoms with Crippen molar-refractivity contribution in [3.8, 4) is 5.75 Å². The molecule has 2 aromatic carbocycles. The first-order valence-corrected chi connectivity index (χ1v) is 6.36. The van der Waals surface area contributed by atoms with Crippen molar-refractivity contribution in [2.24, 2.45) is 0 Å². The summed E-state index contributed by atoms with van der Waals surface area (Å²) in [6.07, 6.45) is 0. The smallest absolute Gasteiger partial charge is 0.274 e. The zero-order valence-corrected chi connectivity index (χ0v) is 11.7. The molecule has 6 heteroatoms. The lowest BCUT2D eigenvalue weighted by Crippen LogP contribution is -2.10. The Kier molecular flexibility index (Phi) is 4.37. The first-order chi connectivity index (χ1) is 10.0. The van der Waals surface area contributed by atoms with E-state index in [1.54, 1.807) is 31.2 Å². The molecule has 2 aromatic rings. The molecule has 110 valence electrons. The zero-order chi connectivity index (χ0) is 15.4. The number of nitro groups is 1. The molecule has 0 heterocycles. The quantitative estimate of drug-likeness (QED) is 0.669. The van der Waals surface area contributed by atoms with Crippen LogP contribution in [0.4, 0.5) is 15.8 Å². The SMILES string of the molecule is COc1cc(F)ccc1NC(C)c1ccccc1[N+](=O)[O-]. The highest BCUT2D eigenvalue weighted by Crippen LogP contribution is 2.31. The molecule has 0 amide bonds. The fraction of sp³-hybridized carbons (Fsp3) is 0.200. The van der Waals surface area contributed by atoms with E-state index in [1.807, 2.05) is 0 Å². The number of para-hydroxylation sites is 1. The summed E-state index contributed by atoms with van der Waals surface area (Å²) in [5.74, 6) is -0.0591. The lowest BCUT2D eigenvalue weighted by Gasteiger charge is -2.18. The third-order valence-electron chi connectivity index (χ3n) is 3.14. The molecule has 0 aliphatic rings. The molecule has 21 heavy (non-hydrogen) atoms. The second-order valence-electron chi connectivity index (χ2n) is 4.53. The van der Waals surface area contributed by atoms with Crippen molar-refractivity contribution in [3.05, 3.63) is 64.0 Å². The highest BCUT2D eigenvalue weighted by Gasteiger charge is 2.19. The number of nitrogens with one attached hydrogen (secondary N) is 1. The Bertz CT molecular complexity index is 661. The summed E-state index contributed by atoms with van der Waals surface area (Å²) in [5, 5.41) is 14.2. The maximum absolute atomic E-state index is 13.2. The number of ether oxygens (including phenoxy) is 1. The Hall–Kier alpha value is -2.63. The van der Waals surface area contributed by atoms with Gasteiger partial charge >= 0.3 is 0 Å². The molecule has 0 radical (unpaired) electrons. The minimum absolute atomic E-state index is 0.0404. The van der Waals surface area contributed by atoms with Gasteiger partial charge in [0.15, 0.2) is 0 Å². The van der Waals surface area contributed by atoms with E-state index in [9.17, 15) is 14.5 Å². The Morgan fingerprint density at radius 3 is 2.67 bits per heavy atom. The molecule has 1 N–H and O–H groups in total. The second-order valence-corrected chi connectivity index (χ2v) is 4.53. The molecule has 1 atom stereocenters. The molecule has 0 spiro atoms. The standard InChI is InChI=1S/C15H15FN2O3/c1-10(12-5-3-4-6-14(12)18(19)20)17-13-8-7-11(16)9-15(13)21-2/h3-10,17H,1-2H3. The second kappa shape index (κ2) is 6.21. The maximum atomic E-state index is 13.2. The van der Waals surface area contributed by atoms with Crippen LogP contribution in [0.15, 0.2) is 42.5 Å². The van der Waals surface area contributed by atoms with Gasteiger partial charge in [-0.1, -0.05) is 18.2 Å². The van der Waals surface area contributed by atoms with Crippen molar-refractivity contribution >= 4 is 11.4 Å². The minimum atomic E-state index is -0.421. The van der Waals surface area contributed by atoms with Crippen molar-refractivity contribution in [3.63, 3.8) is 0 Å². The number of hydrogen-bond donors (Lipinski definition) is 1. The first kappa shape index (κ1) is 14.8. The van der Waals surface area contributed by atoms with Crippen LogP contribution in [0.5, 0.6) is 5.75 Å². The monoisotopic (exact) mass is 290 g/mol. The zero-order valence-electron chi connectivity index (χ0n) is 11.7. The Balaban J connectivity index is 2.30.